The molecule has 0 radical (unpaired) electrons. The molecule has 9 heteroatoms. The van der Waals surface area contributed by atoms with E-state index in [-0.39, 0.29) is 18.4 Å². The first-order valence-electron chi connectivity index (χ1n) is 9.95. The third-order valence-corrected chi connectivity index (χ3v) is 4.99. The molecule has 0 saturated carbocycles. The average molecular weight is 451 g/mol. The maximum absolute atomic E-state index is 12.3. The SMILES string of the molecule is COc1cc(NC(=O)Cc2ccc(-c3ccc(CN(C#N)C(C)C)nc3)nc2)ncc1Cl. The number of nitrogens with zero attached hydrogens (tertiary/aromatic N) is 5. The van der Waals surface area contributed by atoms with E-state index in [1.54, 1.807) is 23.4 Å². The summed E-state index contributed by atoms with van der Waals surface area (Å²) in [5, 5.41) is 12.3. The maximum atomic E-state index is 12.3. The molecule has 3 heterocycles. The molecule has 0 saturated heterocycles. The van der Waals surface area contributed by atoms with Crippen molar-refractivity contribution < 1.29 is 9.53 Å². The van der Waals surface area contributed by atoms with Crippen molar-refractivity contribution in [1.82, 2.24) is 19.9 Å². The lowest BCUT2D eigenvalue weighted by Crippen LogP contribution is -2.25. The van der Waals surface area contributed by atoms with E-state index in [4.69, 9.17) is 16.3 Å². The van der Waals surface area contributed by atoms with E-state index < -0.39 is 0 Å². The van der Waals surface area contributed by atoms with Crippen LogP contribution in [-0.2, 0) is 17.8 Å². The van der Waals surface area contributed by atoms with Crippen LogP contribution in [0.15, 0.2) is 48.9 Å². The summed E-state index contributed by atoms with van der Waals surface area (Å²) in [4.78, 5) is 27.0. The summed E-state index contributed by atoms with van der Waals surface area (Å²) in [6.07, 6.45) is 7.14. The van der Waals surface area contributed by atoms with Crippen LogP contribution in [0.1, 0.15) is 25.1 Å². The van der Waals surface area contributed by atoms with Gasteiger partial charge < -0.3 is 15.0 Å². The summed E-state index contributed by atoms with van der Waals surface area (Å²) in [5.41, 5.74) is 3.18. The van der Waals surface area contributed by atoms with Crippen LogP contribution in [0.25, 0.3) is 11.3 Å². The molecule has 0 atom stereocenters. The number of carbonyl (C=O) groups is 1. The molecule has 0 fully saturated rings. The van der Waals surface area contributed by atoms with Gasteiger partial charge in [-0.15, -0.1) is 0 Å². The minimum absolute atomic E-state index is 0.116. The molecule has 0 aliphatic rings. The smallest absolute Gasteiger partial charge is 0.230 e. The van der Waals surface area contributed by atoms with Gasteiger partial charge in [-0.1, -0.05) is 17.7 Å². The quantitative estimate of drug-likeness (QED) is 0.407. The summed E-state index contributed by atoms with van der Waals surface area (Å²) < 4.78 is 5.13. The number of methoxy groups -OCH3 is 1. The number of aromatic nitrogens is 3. The van der Waals surface area contributed by atoms with Crippen molar-refractivity contribution in [1.29, 1.82) is 5.26 Å². The van der Waals surface area contributed by atoms with Crippen molar-refractivity contribution in [3.63, 3.8) is 0 Å². The normalized spacial score (nSPS) is 10.5. The predicted octanol–water partition coefficient (Wildman–Crippen LogP) is 4.07. The Labute approximate surface area is 191 Å². The lowest BCUT2D eigenvalue weighted by molar-refractivity contribution is -0.115. The number of ether oxygens (including phenoxy) is 1. The van der Waals surface area contributed by atoms with Gasteiger partial charge in [-0.05, 0) is 37.6 Å². The second-order valence-corrected chi connectivity index (χ2v) is 7.75. The van der Waals surface area contributed by atoms with Crippen LogP contribution in [0.4, 0.5) is 5.82 Å². The molecular formula is C23H23ClN6O2. The fourth-order valence-electron chi connectivity index (χ4n) is 2.89. The molecule has 0 aromatic carbocycles. The van der Waals surface area contributed by atoms with Crippen LogP contribution < -0.4 is 10.1 Å². The van der Waals surface area contributed by atoms with Crippen LogP contribution in [0.5, 0.6) is 5.75 Å². The molecule has 0 aliphatic heterocycles. The second kappa shape index (κ2) is 10.6. The Hall–Kier alpha value is -3.70. The van der Waals surface area contributed by atoms with Crippen LogP contribution in [-0.4, -0.2) is 38.9 Å². The summed E-state index contributed by atoms with van der Waals surface area (Å²) >= 11 is 5.95. The number of halogens is 1. The predicted molar refractivity (Wildman–Crippen MR) is 122 cm³/mol. The van der Waals surface area contributed by atoms with Crippen LogP contribution in [0.3, 0.4) is 0 Å². The molecule has 164 valence electrons. The first kappa shape index (κ1) is 23.0. The fourth-order valence-corrected chi connectivity index (χ4v) is 3.08. The van der Waals surface area contributed by atoms with E-state index in [0.29, 0.717) is 23.1 Å². The Balaban J connectivity index is 1.61. The number of nitrogens with one attached hydrogen (secondary N) is 1. The highest BCUT2D eigenvalue weighted by Gasteiger charge is 2.11. The lowest BCUT2D eigenvalue weighted by Gasteiger charge is -2.19. The minimum Gasteiger partial charge on any atom is -0.495 e. The van der Waals surface area contributed by atoms with E-state index in [1.807, 2.05) is 38.1 Å². The molecule has 0 unspecified atom stereocenters. The Morgan fingerprint density at radius 2 is 2.00 bits per heavy atom. The van der Waals surface area contributed by atoms with Crippen molar-refractivity contribution in [2.45, 2.75) is 32.9 Å². The molecule has 3 rings (SSSR count). The number of amides is 1. The topological polar surface area (TPSA) is 104 Å². The Bertz CT molecular complexity index is 1110. The van der Waals surface area contributed by atoms with Crippen molar-refractivity contribution in [3.05, 3.63) is 65.2 Å². The van der Waals surface area contributed by atoms with Crippen molar-refractivity contribution in [2.24, 2.45) is 0 Å². The van der Waals surface area contributed by atoms with Gasteiger partial charge in [0.05, 0.1) is 37.7 Å². The Morgan fingerprint density at radius 1 is 1.19 bits per heavy atom. The monoisotopic (exact) mass is 450 g/mol. The van der Waals surface area contributed by atoms with Gasteiger partial charge in [-0.2, -0.15) is 5.26 Å². The van der Waals surface area contributed by atoms with Crippen LogP contribution >= 0.6 is 11.6 Å². The largest absolute Gasteiger partial charge is 0.495 e. The molecule has 8 nitrogen and oxygen atoms in total. The first-order chi connectivity index (χ1) is 15.4. The van der Waals surface area contributed by atoms with E-state index in [9.17, 15) is 10.1 Å². The summed E-state index contributed by atoms with van der Waals surface area (Å²) in [6, 6.07) is 9.19. The van der Waals surface area contributed by atoms with Gasteiger partial charge in [0.15, 0.2) is 6.19 Å². The highest BCUT2D eigenvalue weighted by molar-refractivity contribution is 6.32. The van der Waals surface area contributed by atoms with E-state index in [0.717, 1.165) is 22.5 Å². The van der Waals surface area contributed by atoms with Gasteiger partial charge in [0.25, 0.3) is 0 Å². The maximum Gasteiger partial charge on any atom is 0.230 e. The van der Waals surface area contributed by atoms with Gasteiger partial charge in [0.2, 0.25) is 5.91 Å². The van der Waals surface area contributed by atoms with Crippen molar-refractivity contribution in [2.75, 3.05) is 12.4 Å². The van der Waals surface area contributed by atoms with Crippen LogP contribution in [0, 0.1) is 11.5 Å². The first-order valence-corrected chi connectivity index (χ1v) is 10.3. The number of hydrogen-bond donors (Lipinski definition) is 1. The number of carbonyl (C=O) groups excluding carboxylic acids is 1. The number of nitriles is 1. The van der Waals surface area contributed by atoms with Crippen LogP contribution in [0.2, 0.25) is 5.02 Å². The summed E-state index contributed by atoms with van der Waals surface area (Å²) in [5.74, 6) is 0.571. The van der Waals surface area contributed by atoms with Gasteiger partial charge in [-0.3, -0.25) is 14.8 Å². The Morgan fingerprint density at radius 3 is 2.59 bits per heavy atom. The molecule has 0 bridgehead atoms. The second-order valence-electron chi connectivity index (χ2n) is 7.34. The molecule has 1 N–H and O–H groups in total. The fraction of sp³-hybridized carbons (Fsp3) is 0.261. The van der Waals surface area contributed by atoms with Gasteiger partial charge >= 0.3 is 0 Å². The molecule has 3 aromatic rings. The molecule has 32 heavy (non-hydrogen) atoms. The molecule has 1 amide bonds. The van der Waals surface area contributed by atoms with E-state index in [2.05, 4.69) is 26.5 Å². The van der Waals surface area contributed by atoms with Gasteiger partial charge in [-0.25, -0.2) is 4.98 Å². The highest BCUT2D eigenvalue weighted by atomic mass is 35.5. The van der Waals surface area contributed by atoms with E-state index >= 15 is 0 Å². The third-order valence-electron chi connectivity index (χ3n) is 4.70. The van der Waals surface area contributed by atoms with Gasteiger partial charge in [0, 0.05) is 30.1 Å². The average Bonchev–Trinajstić information content (AvgIpc) is 2.79. The zero-order valence-electron chi connectivity index (χ0n) is 18.0. The number of pyridine rings is 3. The summed E-state index contributed by atoms with van der Waals surface area (Å²) in [7, 11) is 1.50. The zero-order chi connectivity index (χ0) is 23.1. The van der Waals surface area contributed by atoms with E-state index in [1.165, 1.54) is 13.3 Å². The summed E-state index contributed by atoms with van der Waals surface area (Å²) in [6.45, 7) is 4.39. The molecule has 0 spiro atoms. The molecule has 0 aliphatic carbocycles. The number of anilines is 1. The molecule has 3 aromatic heterocycles. The number of hydrogen-bond acceptors (Lipinski definition) is 7. The standard InChI is InChI=1S/C23H23ClN6O2/c1-15(2)30(14-25)13-18-6-5-17(11-26-18)20-7-4-16(10-27-20)8-23(31)29-22-9-21(32-3)19(24)12-28-22/h4-7,9-12,15H,8,13H2,1-3H3,(H,28,29,31). The third kappa shape index (κ3) is 5.93. The van der Waals surface area contributed by atoms with Gasteiger partial charge in [0.1, 0.15) is 16.6 Å². The van der Waals surface area contributed by atoms with Crippen molar-refractivity contribution >= 4 is 23.3 Å². The lowest BCUT2D eigenvalue weighted by atomic mass is 10.1. The molecular weight excluding hydrogens is 428 g/mol. The highest BCUT2D eigenvalue weighted by Crippen LogP contribution is 2.25. The van der Waals surface area contributed by atoms with Crippen molar-refractivity contribution in [3.8, 4) is 23.2 Å². The minimum atomic E-state index is -0.227. The Kier molecular flexibility index (Phi) is 7.58. The zero-order valence-corrected chi connectivity index (χ0v) is 18.8. The number of rotatable bonds is 8.